The molecular weight excluding hydrogens is 262 g/mol. The summed E-state index contributed by atoms with van der Waals surface area (Å²) >= 11 is 0. The van der Waals surface area contributed by atoms with Gasteiger partial charge < -0.3 is 4.74 Å². The molecule has 0 fully saturated rings. The van der Waals surface area contributed by atoms with Crippen LogP contribution >= 0.6 is 0 Å². The number of benzene rings is 1. The Balaban J connectivity index is 3.22. The minimum atomic E-state index is -0.752. The molecule has 0 aliphatic carbocycles. The lowest BCUT2D eigenvalue weighted by Gasteiger charge is -2.34. The molecule has 21 heavy (non-hydrogen) atoms. The molecule has 1 rings (SSSR count). The summed E-state index contributed by atoms with van der Waals surface area (Å²) in [6.45, 7) is 10.6. The van der Waals surface area contributed by atoms with Gasteiger partial charge in [0.15, 0.2) is 0 Å². The van der Waals surface area contributed by atoms with Crippen molar-refractivity contribution in [3.63, 3.8) is 0 Å². The van der Waals surface area contributed by atoms with E-state index in [1.165, 1.54) is 5.56 Å². The van der Waals surface area contributed by atoms with E-state index in [-0.39, 0.29) is 12.0 Å². The summed E-state index contributed by atoms with van der Waals surface area (Å²) in [4.78, 5) is 12.6. The highest BCUT2D eigenvalue weighted by Crippen LogP contribution is 2.28. The molecule has 0 aliphatic rings. The first kappa shape index (κ1) is 17.7. The third kappa shape index (κ3) is 4.07. The molecule has 2 unspecified atom stereocenters. The Morgan fingerprint density at radius 1 is 1.19 bits per heavy atom. The number of hydrogen-bond acceptors (Lipinski definition) is 3. The van der Waals surface area contributed by atoms with Crippen LogP contribution in [0.5, 0.6) is 0 Å². The summed E-state index contributed by atoms with van der Waals surface area (Å²) in [5, 5.41) is 3.49. The molecule has 0 amide bonds. The molecule has 118 valence electrons. The Kier molecular flexibility index (Phi) is 6.90. The lowest BCUT2D eigenvalue weighted by Crippen LogP contribution is -2.53. The molecule has 0 heterocycles. The number of hydrogen-bond donors (Lipinski definition) is 1. The van der Waals surface area contributed by atoms with E-state index in [9.17, 15) is 4.79 Å². The maximum absolute atomic E-state index is 12.6. The second kappa shape index (κ2) is 8.18. The Labute approximate surface area is 129 Å². The molecule has 0 radical (unpaired) electrons. The minimum absolute atomic E-state index is 0.183. The van der Waals surface area contributed by atoms with Crippen LogP contribution in [0.2, 0.25) is 0 Å². The Hall–Kier alpha value is -1.35. The van der Waals surface area contributed by atoms with Gasteiger partial charge in [-0.25, -0.2) is 4.79 Å². The van der Waals surface area contributed by atoms with Crippen molar-refractivity contribution >= 4 is 5.97 Å². The molecule has 0 aliphatic heterocycles. The van der Waals surface area contributed by atoms with Crippen LogP contribution in [0.4, 0.5) is 0 Å². The first-order chi connectivity index (χ1) is 10.0. The van der Waals surface area contributed by atoms with Crippen molar-refractivity contribution in [2.75, 3.05) is 6.61 Å². The molecule has 3 heteroatoms. The van der Waals surface area contributed by atoms with Crippen molar-refractivity contribution in [2.45, 2.75) is 65.5 Å². The van der Waals surface area contributed by atoms with Gasteiger partial charge >= 0.3 is 5.97 Å². The fourth-order valence-corrected chi connectivity index (χ4v) is 2.51. The third-order valence-corrected chi connectivity index (χ3v) is 4.11. The van der Waals surface area contributed by atoms with Crippen molar-refractivity contribution < 1.29 is 9.53 Å². The number of ether oxygens (including phenoxy) is 1. The largest absolute Gasteiger partial charge is 0.464 e. The maximum Gasteiger partial charge on any atom is 0.330 e. The molecule has 0 bridgehead atoms. The molecule has 2 atom stereocenters. The van der Waals surface area contributed by atoms with Crippen molar-refractivity contribution in [3.05, 3.63) is 35.4 Å². The zero-order valence-corrected chi connectivity index (χ0v) is 14.0. The second-order valence-corrected chi connectivity index (χ2v) is 5.48. The van der Waals surface area contributed by atoms with Crippen LogP contribution in [0, 0.1) is 0 Å². The van der Waals surface area contributed by atoms with Crippen molar-refractivity contribution in [3.8, 4) is 0 Å². The van der Waals surface area contributed by atoms with Gasteiger partial charge in [-0.1, -0.05) is 45.0 Å². The number of nitrogens with one attached hydrogen (secondary N) is 1. The predicted molar refractivity (Wildman–Crippen MR) is 87.3 cm³/mol. The number of carbonyl (C=O) groups excluding carboxylic acids is 1. The van der Waals surface area contributed by atoms with Crippen LogP contribution in [-0.2, 0) is 21.5 Å². The zero-order valence-electron chi connectivity index (χ0n) is 14.0. The van der Waals surface area contributed by atoms with E-state index in [0.29, 0.717) is 13.0 Å². The van der Waals surface area contributed by atoms with Gasteiger partial charge in [-0.3, -0.25) is 5.32 Å². The summed E-state index contributed by atoms with van der Waals surface area (Å²) in [6, 6.07) is 8.54. The number of esters is 1. The molecule has 0 spiro atoms. The molecule has 0 saturated carbocycles. The van der Waals surface area contributed by atoms with Gasteiger partial charge in [0, 0.05) is 6.04 Å². The quantitative estimate of drug-likeness (QED) is 0.740. The highest BCUT2D eigenvalue weighted by molar-refractivity contribution is 5.82. The second-order valence-electron chi connectivity index (χ2n) is 5.48. The fourth-order valence-electron chi connectivity index (χ4n) is 2.51. The van der Waals surface area contributed by atoms with Gasteiger partial charge in [0.05, 0.1) is 6.61 Å². The van der Waals surface area contributed by atoms with E-state index in [1.54, 1.807) is 0 Å². The molecule has 0 aromatic heterocycles. The van der Waals surface area contributed by atoms with E-state index >= 15 is 0 Å². The fraction of sp³-hybridized carbons (Fsp3) is 0.611. The summed E-state index contributed by atoms with van der Waals surface area (Å²) in [5.41, 5.74) is 1.51. The van der Waals surface area contributed by atoms with E-state index < -0.39 is 5.54 Å². The van der Waals surface area contributed by atoms with Crippen molar-refractivity contribution in [2.24, 2.45) is 0 Å². The van der Waals surface area contributed by atoms with Crippen molar-refractivity contribution in [1.29, 1.82) is 0 Å². The highest BCUT2D eigenvalue weighted by Gasteiger charge is 2.40. The van der Waals surface area contributed by atoms with Crippen LogP contribution in [0.1, 0.15) is 58.6 Å². The van der Waals surface area contributed by atoms with Crippen LogP contribution in [0.3, 0.4) is 0 Å². The molecule has 1 aromatic carbocycles. The number of rotatable bonds is 8. The van der Waals surface area contributed by atoms with E-state index in [0.717, 1.165) is 18.4 Å². The van der Waals surface area contributed by atoms with Gasteiger partial charge in [0.1, 0.15) is 5.54 Å². The smallest absolute Gasteiger partial charge is 0.330 e. The number of aryl methyl sites for hydroxylation is 1. The van der Waals surface area contributed by atoms with Gasteiger partial charge in [-0.05, 0) is 44.2 Å². The third-order valence-electron chi connectivity index (χ3n) is 4.11. The highest BCUT2D eigenvalue weighted by atomic mass is 16.5. The maximum atomic E-state index is 12.6. The van der Waals surface area contributed by atoms with Crippen LogP contribution in [0.15, 0.2) is 24.3 Å². The summed E-state index contributed by atoms with van der Waals surface area (Å²) in [5.74, 6) is -0.183. The summed E-state index contributed by atoms with van der Waals surface area (Å²) in [6.07, 6.45) is 2.63. The average molecular weight is 291 g/mol. The first-order valence-electron chi connectivity index (χ1n) is 8.08. The SMILES string of the molecule is CCOC(=O)C(CC)(NC(C)CC)c1ccc(CC)cc1. The number of carbonyl (C=O) groups is 1. The van der Waals surface area contributed by atoms with Gasteiger partial charge in [-0.2, -0.15) is 0 Å². The standard InChI is InChI=1S/C18H29NO2/c1-6-14(5)19-18(8-3,17(20)21-9-4)16-12-10-15(7-2)11-13-16/h10-14,19H,6-9H2,1-5H3. The minimum Gasteiger partial charge on any atom is -0.464 e. The first-order valence-corrected chi connectivity index (χ1v) is 8.08. The topological polar surface area (TPSA) is 38.3 Å². The van der Waals surface area contributed by atoms with E-state index in [1.807, 2.05) is 13.8 Å². The monoisotopic (exact) mass is 291 g/mol. The van der Waals surface area contributed by atoms with Gasteiger partial charge in [0.2, 0.25) is 0 Å². The van der Waals surface area contributed by atoms with Crippen molar-refractivity contribution in [1.82, 2.24) is 5.32 Å². The lowest BCUT2D eigenvalue weighted by atomic mass is 9.85. The Morgan fingerprint density at radius 3 is 2.24 bits per heavy atom. The Morgan fingerprint density at radius 2 is 1.81 bits per heavy atom. The molecule has 3 nitrogen and oxygen atoms in total. The van der Waals surface area contributed by atoms with Crippen LogP contribution in [0.25, 0.3) is 0 Å². The van der Waals surface area contributed by atoms with Crippen LogP contribution in [-0.4, -0.2) is 18.6 Å². The zero-order chi connectivity index (χ0) is 15.9. The predicted octanol–water partition coefficient (Wildman–Crippen LogP) is 3.81. The van der Waals surface area contributed by atoms with Gasteiger partial charge in [-0.15, -0.1) is 0 Å². The van der Waals surface area contributed by atoms with E-state index in [2.05, 4.69) is 50.4 Å². The summed E-state index contributed by atoms with van der Waals surface area (Å²) in [7, 11) is 0. The normalized spacial score (nSPS) is 15.3. The van der Waals surface area contributed by atoms with Crippen LogP contribution < -0.4 is 5.32 Å². The van der Waals surface area contributed by atoms with Gasteiger partial charge in [0.25, 0.3) is 0 Å². The Bertz CT molecular complexity index is 441. The lowest BCUT2D eigenvalue weighted by molar-refractivity contribution is -0.152. The molecule has 1 aromatic rings. The van der Waals surface area contributed by atoms with E-state index in [4.69, 9.17) is 4.74 Å². The molecule has 0 saturated heterocycles. The average Bonchev–Trinajstić information content (AvgIpc) is 2.52. The summed E-state index contributed by atoms with van der Waals surface area (Å²) < 4.78 is 5.35. The molecular formula is C18H29NO2. The molecule has 1 N–H and O–H groups in total.